The van der Waals surface area contributed by atoms with Crippen molar-refractivity contribution in [1.82, 2.24) is 15.1 Å². The summed E-state index contributed by atoms with van der Waals surface area (Å²) in [7, 11) is 2.21. The summed E-state index contributed by atoms with van der Waals surface area (Å²) in [6.45, 7) is 6.79. The van der Waals surface area contributed by atoms with Crippen molar-refractivity contribution >= 4 is 12.1 Å². The molecule has 24 heavy (non-hydrogen) atoms. The van der Waals surface area contributed by atoms with Crippen LogP contribution in [0.15, 0.2) is 33.9 Å². The molecular formula is C19H29N5. The molecule has 0 bridgehead atoms. The van der Waals surface area contributed by atoms with Crippen molar-refractivity contribution in [3.05, 3.63) is 23.9 Å². The van der Waals surface area contributed by atoms with Gasteiger partial charge in [0.1, 0.15) is 6.34 Å². The standard InChI is InChI=1S/C19H27N5.H2/c1-23-8-10-24(11-9-23)16-2-5-19-13-18(19,12-16)17(21-14-22-19)15-3-6-20-7-4-15;/h2,5,12,14-15,20H,3-4,6-11,13H2,1H3;1H. The minimum atomic E-state index is -0.00889. The molecular weight excluding hydrogens is 298 g/mol. The smallest absolute Gasteiger partial charge is 0.110 e. The maximum atomic E-state index is 4.83. The molecule has 5 rings (SSSR count). The number of nitrogens with one attached hydrogen (secondary N) is 1. The molecule has 5 nitrogen and oxygen atoms in total. The van der Waals surface area contributed by atoms with E-state index in [9.17, 15) is 0 Å². The second-order valence-corrected chi connectivity index (χ2v) is 8.05. The maximum absolute atomic E-state index is 4.83. The summed E-state index contributed by atoms with van der Waals surface area (Å²) in [5.41, 5.74) is 2.88. The van der Waals surface area contributed by atoms with E-state index in [0.717, 1.165) is 45.7 Å². The van der Waals surface area contributed by atoms with E-state index in [1.807, 2.05) is 6.34 Å². The van der Waals surface area contributed by atoms with Gasteiger partial charge in [0.25, 0.3) is 0 Å². The lowest BCUT2D eigenvalue weighted by atomic mass is 9.78. The number of rotatable bonds is 2. The number of piperidine rings is 1. The fourth-order valence-corrected chi connectivity index (χ4v) is 5.01. The molecule has 2 aliphatic carbocycles. The average Bonchev–Trinajstić information content (AvgIpc) is 3.32. The Hall–Kier alpha value is -1.46. The molecule has 0 amide bonds. The van der Waals surface area contributed by atoms with E-state index >= 15 is 0 Å². The van der Waals surface area contributed by atoms with Gasteiger partial charge in [-0.25, -0.2) is 4.99 Å². The molecule has 0 aromatic carbocycles. The fourth-order valence-electron chi connectivity index (χ4n) is 5.01. The summed E-state index contributed by atoms with van der Waals surface area (Å²) in [6.07, 6.45) is 12.6. The van der Waals surface area contributed by atoms with Gasteiger partial charge < -0.3 is 15.1 Å². The van der Waals surface area contributed by atoms with Gasteiger partial charge in [-0.2, -0.15) is 0 Å². The number of hydrogen-bond acceptors (Lipinski definition) is 5. The van der Waals surface area contributed by atoms with Crippen LogP contribution in [0.3, 0.4) is 0 Å². The van der Waals surface area contributed by atoms with Gasteiger partial charge in [0, 0.05) is 44.9 Å². The van der Waals surface area contributed by atoms with Crippen LogP contribution in [0.25, 0.3) is 0 Å². The van der Waals surface area contributed by atoms with E-state index in [-0.39, 0.29) is 12.4 Å². The van der Waals surface area contributed by atoms with Crippen molar-refractivity contribution in [2.45, 2.75) is 24.8 Å². The molecule has 0 aromatic heterocycles. The van der Waals surface area contributed by atoms with E-state index in [4.69, 9.17) is 9.98 Å². The number of allylic oxidation sites excluding steroid dienone is 1. The number of aliphatic imine (C=N–C) groups is 2. The van der Waals surface area contributed by atoms with E-state index in [1.165, 1.54) is 24.3 Å². The third-order valence-electron chi connectivity index (χ3n) is 6.66. The van der Waals surface area contributed by atoms with Gasteiger partial charge >= 0.3 is 0 Å². The summed E-state index contributed by atoms with van der Waals surface area (Å²) in [4.78, 5) is 14.6. The minimum Gasteiger partial charge on any atom is -0.369 e. The highest BCUT2D eigenvalue weighted by atomic mass is 15.3. The predicted molar refractivity (Wildman–Crippen MR) is 99.7 cm³/mol. The quantitative estimate of drug-likeness (QED) is 0.837. The molecule has 130 valence electrons. The van der Waals surface area contributed by atoms with Gasteiger partial charge in [0.15, 0.2) is 0 Å². The lowest BCUT2D eigenvalue weighted by Gasteiger charge is -2.38. The topological polar surface area (TPSA) is 43.2 Å². The third-order valence-corrected chi connectivity index (χ3v) is 6.66. The largest absolute Gasteiger partial charge is 0.369 e. The van der Waals surface area contributed by atoms with Crippen LogP contribution in [-0.4, -0.2) is 73.7 Å². The molecule has 3 heterocycles. The van der Waals surface area contributed by atoms with Crippen molar-refractivity contribution in [1.29, 1.82) is 0 Å². The van der Waals surface area contributed by atoms with Crippen LogP contribution < -0.4 is 5.32 Å². The van der Waals surface area contributed by atoms with Crippen LogP contribution in [0.1, 0.15) is 20.7 Å². The van der Waals surface area contributed by atoms with Crippen molar-refractivity contribution in [3.8, 4) is 0 Å². The Labute approximate surface area is 145 Å². The molecule has 2 saturated heterocycles. The minimum absolute atomic E-state index is 0. The Morgan fingerprint density at radius 3 is 2.79 bits per heavy atom. The molecule has 0 radical (unpaired) electrons. The van der Waals surface area contributed by atoms with E-state index in [0.29, 0.717) is 5.92 Å². The summed E-state index contributed by atoms with van der Waals surface area (Å²) >= 11 is 0. The first-order valence-electron chi connectivity index (χ1n) is 9.41. The normalized spacial score (nSPS) is 39.1. The molecule has 0 spiro atoms. The third kappa shape index (κ3) is 2.07. The molecule has 1 N–H and O–H groups in total. The Morgan fingerprint density at radius 2 is 2.00 bits per heavy atom. The zero-order valence-corrected chi connectivity index (χ0v) is 14.5. The van der Waals surface area contributed by atoms with Crippen LogP contribution in [0.5, 0.6) is 0 Å². The molecule has 3 aliphatic heterocycles. The van der Waals surface area contributed by atoms with Crippen LogP contribution in [0.2, 0.25) is 0 Å². The number of likely N-dealkylation sites (N-methyl/N-ethyl adjacent to an activating group) is 1. The molecule has 3 fully saturated rings. The number of hydrogen-bond donors (Lipinski definition) is 1. The van der Waals surface area contributed by atoms with Crippen LogP contribution >= 0.6 is 0 Å². The molecule has 0 aromatic rings. The van der Waals surface area contributed by atoms with Crippen LogP contribution in [0.4, 0.5) is 0 Å². The predicted octanol–water partition coefficient (Wildman–Crippen LogP) is 1.54. The zero-order valence-electron chi connectivity index (χ0n) is 14.5. The summed E-state index contributed by atoms with van der Waals surface area (Å²) < 4.78 is 0. The molecule has 2 unspecified atom stereocenters. The number of nitrogens with zero attached hydrogens (tertiary/aromatic N) is 4. The van der Waals surface area contributed by atoms with Crippen molar-refractivity contribution in [2.75, 3.05) is 46.3 Å². The maximum Gasteiger partial charge on any atom is 0.110 e. The van der Waals surface area contributed by atoms with Gasteiger partial charge in [0.05, 0.1) is 11.0 Å². The molecule has 2 atom stereocenters. The van der Waals surface area contributed by atoms with Gasteiger partial charge in [-0.1, -0.05) is 6.08 Å². The monoisotopic (exact) mass is 327 g/mol. The van der Waals surface area contributed by atoms with Crippen LogP contribution in [-0.2, 0) is 0 Å². The number of piperazine rings is 1. The molecule has 5 heteroatoms. The first kappa shape index (κ1) is 14.8. The van der Waals surface area contributed by atoms with E-state index in [2.05, 4.69) is 40.4 Å². The molecule has 1 saturated carbocycles. The Balaban J connectivity index is 0.00000157. The highest BCUT2D eigenvalue weighted by molar-refractivity contribution is 6.05. The summed E-state index contributed by atoms with van der Waals surface area (Å²) in [6, 6.07) is 0. The Bertz CT molecular complexity index is 655. The van der Waals surface area contributed by atoms with Gasteiger partial charge in [-0.3, -0.25) is 4.99 Å². The first-order chi connectivity index (χ1) is 11.7. The fraction of sp³-hybridized carbons (Fsp3) is 0.684. The van der Waals surface area contributed by atoms with Crippen LogP contribution in [0, 0.1) is 11.3 Å². The summed E-state index contributed by atoms with van der Waals surface area (Å²) in [5, 5.41) is 3.48. The lowest BCUT2D eigenvalue weighted by Crippen LogP contribution is -2.45. The molecule has 5 aliphatic rings. The van der Waals surface area contributed by atoms with E-state index in [1.54, 1.807) is 0 Å². The van der Waals surface area contributed by atoms with Crippen molar-refractivity contribution in [2.24, 2.45) is 21.3 Å². The SMILES string of the molecule is CN1CCN(C2=CC34CC3(C=C2)N=CN=C4C2CCNCC2)CC1.[HH]. The zero-order chi connectivity index (χ0) is 16.2. The highest BCUT2D eigenvalue weighted by Gasteiger charge is 2.70. The lowest BCUT2D eigenvalue weighted by molar-refractivity contribution is 0.189. The van der Waals surface area contributed by atoms with Gasteiger partial charge in [0.2, 0.25) is 0 Å². The van der Waals surface area contributed by atoms with Crippen molar-refractivity contribution < 1.29 is 1.43 Å². The second-order valence-electron chi connectivity index (χ2n) is 8.05. The van der Waals surface area contributed by atoms with Gasteiger partial charge in [-0.15, -0.1) is 0 Å². The van der Waals surface area contributed by atoms with E-state index < -0.39 is 0 Å². The highest BCUT2D eigenvalue weighted by Crippen LogP contribution is 2.66. The average molecular weight is 327 g/mol. The first-order valence-corrected chi connectivity index (χ1v) is 9.41. The Morgan fingerprint density at radius 1 is 1.21 bits per heavy atom. The Kier molecular flexibility index (Phi) is 3.26. The van der Waals surface area contributed by atoms with Gasteiger partial charge in [-0.05, 0) is 51.6 Å². The summed E-state index contributed by atoms with van der Waals surface area (Å²) in [5.74, 6) is 0.622. The second kappa shape index (κ2) is 5.27. The van der Waals surface area contributed by atoms with Crippen molar-refractivity contribution in [3.63, 3.8) is 0 Å².